The van der Waals surface area contributed by atoms with Crippen molar-refractivity contribution in [2.45, 2.75) is 6.92 Å². The number of aromatic amines is 1. The second-order valence-corrected chi connectivity index (χ2v) is 4.01. The van der Waals surface area contributed by atoms with Crippen molar-refractivity contribution in [3.05, 3.63) is 22.6 Å². The topological polar surface area (TPSA) is 119 Å². The standard InChI is InChI=1S/C10H11ClN6O2/c1-4-7(12)8(17-16-4)9(18)15-10-13-5(11)3-6(14-10)19-2/h3H,12H2,1-2H3,(H,16,17)(H,13,14,15,18). The van der Waals surface area contributed by atoms with E-state index in [-0.39, 0.29) is 28.4 Å². The first-order valence-electron chi connectivity index (χ1n) is 5.21. The lowest BCUT2D eigenvalue weighted by Gasteiger charge is -2.04. The molecule has 0 radical (unpaired) electrons. The van der Waals surface area contributed by atoms with E-state index in [1.807, 2.05) is 0 Å². The Balaban J connectivity index is 2.24. The summed E-state index contributed by atoms with van der Waals surface area (Å²) in [4.78, 5) is 19.7. The molecule has 0 saturated heterocycles. The Labute approximate surface area is 113 Å². The number of hydrogen-bond donors (Lipinski definition) is 3. The highest BCUT2D eigenvalue weighted by atomic mass is 35.5. The predicted molar refractivity (Wildman–Crippen MR) is 69.3 cm³/mol. The van der Waals surface area contributed by atoms with Crippen LogP contribution in [-0.2, 0) is 0 Å². The molecular weight excluding hydrogens is 272 g/mol. The first-order chi connectivity index (χ1) is 9.01. The quantitative estimate of drug-likeness (QED) is 0.723. The molecular formula is C10H11ClN6O2. The highest BCUT2D eigenvalue weighted by molar-refractivity contribution is 6.29. The van der Waals surface area contributed by atoms with Gasteiger partial charge in [0, 0.05) is 6.07 Å². The zero-order chi connectivity index (χ0) is 14.0. The van der Waals surface area contributed by atoms with Crippen LogP contribution in [0.5, 0.6) is 5.88 Å². The lowest BCUT2D eigenvalue weighted by Crippen LogP contribution is -2.16. The summed E-state index contributed by atoms with van der Waals surface area (Å²) in [6.07, 6.45) is 0. The zero-order valence-corrected chi connectivity index (χ0v) is 10.9. The van der Waals surface area contributed by atoms with Gasteiger partial charge < -0.3 is 10.5 Å². The molecule has 2 heterocycles. The third-order valence-electron chi connectivity index (χ3n) is 2.32. The minimum Gasteiger partial charge on any atom is -0.481 e. The number of ether oxygens (including phenoxy) is 1. The maximum Gasteiger partial charge on any atom is 0.280 e. The molecule has 0 aromatic carbocycles. The molecule has 0 bridgehead atoms. The monoisotopic (exact) mass is 282 g/mol. The van der Waals surface area contributed by atoms with E-state index in [1.54, 1.807) is 6.92 Å². The van der Waals surface area contributed by atoms with Crippen LogP contribution in [0.2, 0.25) is 5.15 Å². The molecule has 2 rings (SSSR count). The molecule has 0 atom stereocenters. The van der Waals surface area contributed by atoms with Crippen LogP contribution < -0.4 is 15.8 Å². The Bertz CT molecular complexity index is 626. The number of carbonyl (C=O) groups is 1. The highest BCUT2D eigenvalue weighted by Gasteiger charge is 2.17. The molecule has 0 saturated carbocycles. The number of amides is 1. The van der Waals surface area contributed by atoms with E-state index in [0.29, 0.717) is 5.69 Å². The molecule has 2 aromatic rings. The molecule has 0 fully saturated rings. The summed E-state index contributed by atoms with van der Waals surface area (Å²) >= 11 is 5.76. The maximum atomic E-state index is 11.9. The second kappa shape index (κ2) is 5.11. The number of nitrogens with zero attached hydrogens (tertiary/aromatic N) is 3. The van der Waals surface area contributed by atoms with E-state index in [0.717, 1.165) is 0 Å². The van der Waals surface area contributed by atoms with Gasteiger partial charge >= 0.3 is 0 Å². The van der Waals surface area contributed by atoms with E-state index in [9.17, 15) is 4.79 Å². The fraction of sp³-hybridized carbons (Fsp3) is 0.200. The molecule has 0 unspecified atom stereocenters. The number of aryl methyl sites for hydroxylation is 1. The van der Waals surface area contributed by atoms with E-state index in [1.165, 1.54) is 13.2 Å². The second-order valence-electron chi connectivity index (χ2n) is 3.62. The van der Waals surface area contributed by atoms with Crippen molar-refractivity contribution in [1.29, 1.82) is 0 Å². The van der Waals surface area contributed by atoms with E-state index in [2.05, 4.69) is 25.5 Å². The number of hydrogen-bond acceptors (Lipinski definition) is 6. The first-order valence-corrected chi connectivity index (χ1v) is 5.59. The lowest BCUT2D eigenvalue weighted by atomic mass is 10.3. The number of halogens is 1. The van der Waals surface area contributed by atoms with E-state index >= 15 is 0 Å². The number of anilines is 2. The summed E-state index contributed by atoms with van der Waals surface area (Å²) in [5.74, 6) is -0.290. The number of rotatable bonds is 3. The normalized spacial score (nSPS) is 10.3. The highest BCUT2D eigenvalue weighted by Crippen LogP contribution is 2.17. The fourth-order valence-electron chi connectivity index (χ4n) is 1.33. The van der Waals surface area contributed by atoms with Crippen LogP contribution in [-0.4, -0.2) is 33.2 Å². The van der Waals surface area contributed by atoms with Gasteiger partial charge in [-0.15, -0.1) is 0 Å². The molecule has 100 valence electrons. The number of H-pyrrole nitrogens is 1. The summed E-state index contributed by atoms with van der Waals surface area (Å²) in [5, 5.41) is 8.99. The van der Waals surface area contributed by atoms with Crippen molar-refractivity contribution in [3.63, 3.8) is 0 Å². The van der Waals surface area contributed by atoms with Crippen LogP contribution in [0.25, 0.3) is 0 Å². The first kappa shape index (κ1) is 13.1. The summed E-state index contributed by atoms with van der Waals surface area (Å²) < 4.78 is 4.92. The van der Waals surface area contributed by atoms with Gasteiger partial charge in [0.05, 0.1) is 18.5 Å². The molecule has 0 aliphatic heterocycles. The maximum absolute atomic E-state index is 11.9. The van der Waals surface area contributed by atoms with Crippen molar-refractivity contribution < 1.29 is 9.53 Å². The smallest absolute Gasteiger partial charge is 0.280 e. The Morgan fingerprint density at radius 3 is 2.84 bits per heavy atom. The predicted octanol–water partition coefficient (Wildman–Crippen LogP) is 1.00. The number of nitrogen functional groups attached to an aromatic ring is 1. The van der Waals surface area contributed by atoms with Gasteiger partial charge in [0.1, 0.15) is 5.15 Å². The van der Waals surface area contributed by atoms with Gasteiger partial charge in [0.2, 0.25) is 11.8 Å². The van der Waals surface area contributed by atoms with Crippen molar-refractivity contribution in [3.8, 4) is 5.88 Å². The number of carbonyl (C=O) groups excluding carboxylic acids is 1. The van der Waals surface area contributed by atoms with Crippen LogP contribution in [0.15, 0.2) is 6.07 Å². The van der Waals surface area contributed by atoms with E-state index in [4.69, 9.17) is 22.1 Å². The minimum absolute atomic E-state index is 0.00871. The number of methoxy groups -OCH3 is 1. The third-order valence-corrected chi connectivity index (χ3v) is 2.51. The molecule has 8 nitrogen and oxygen atoms in total. The molecule has 1 amide bonds. The van der Waals surface area contributed by atoms with Crippen molar-refractivity contribution in [2.75, 3.05) is 18.2 Å². The van der Waals surface area contributed by atoms with Crippen LogP contribution >= 0.6 is 11.6 Å². The van der Waals surface area contributed by atoms with Crippen molar-refractivity contribution in [2.24, 2.45) is 0 Å². The summed E-state index contributed by atoms with van der Waals surface area (Å²) in [7, 11) is 1.43. The number of nitrogens with two attached hydrogens (primary N) is 1. The van der Waals surface area contributed by atoms with Gasteiger partial charge in [-0.25, -0.2) is 4.98 Å². The van der Waals surface area contributed by atoms with Crippen LogP contribution in [0.4, 0.5) is 11.6 Å². The van der Waals surface area contributed by atoms with Crippen molar-refractivity contribution in [1.82, 2.24) is 20.2 Å². The Hall–Kier alpha value is -2.35. The molecule has 19 heavy (non-hydrogen) atoms. The number of aromatic nitrogens is 4. The summed E-state index contributed by atoms with van der Waals surface area (Å²) in [5.41, 5.74) is 6.64. The zero-order valence-electron chi connectivity index (χ0n) is 10.2. The molecule has 0 aliphatic rings. The average Bonchev–Trinajstić information content (AvgIpc) is 2.69. The Morgan fingerprint density at radius 1 is 1.53 bits per heavy atom. The molecule has 0 spiro atoms. The van der Waals surface area contributed by atoms with Crippen LogP contribution in [0.1, 0.15) is 16.2 Å². The number of nitrogens with one attached hydrogen (secondary N) is 2. The Kier molecular flexibility index (Phi) is 3.52. The summed E-state index contributed by atoms with van der Waals surface area (Å²) in [6, 6.07) is 1.42. The fourth-order valence-corrected chi connectivity index (χ4v) is 1.50. The average molecular weight is 283 g/mol. The molecule has 2 aromatic heterocycles. The lowest BCUT2D eigenvalue weighted by molar-refractivity contribution is 0.102. The largest absolute Gasteiger partial charge is 0.481 e. The SMILES string of the molecule is COc1cc(Cl)nc(NC(=O)c2n[nH]c(C)c2N)n1. The van der Waals surface area contributed by atoms with Gasteiger partial charge in [0.25, 0.3) is 5.91 Å². The van der Waals surface area contributed by atoms with Crippen LogP contribution in [0.3, 0.4) is 0 Å². The minimum atomic E-state index is -0.536. The van der Waals surface area contributed by atoms with Gasteiger partial charge in [-0.1, -0.05) is 11.6 Å². The van der Waals surface area contributed by atoms with Crippen LogP contribution in [0, 0.1) is 6.92 Å². The van der Waals surface area contributed by atoms with Gasteiger partial charge in [0.15, 0.2) is 5.69 Å². The third kappa shape index (κ3) is 2.74. The molecule has 4 N–H and O–H groups in total. The Morgan fingerprint density at radius 2 is 2.26 bits per heavy atom. The molecule has 0 aliphatic carbocycles. The van der Waals surface area contributed by atoms with Gasteiger partial charge in [-0.05, 0) is 6.92 Å². The van der Waals surface area contributed by atoms with E-state index < -0.39 is 5.91 Å². The van der Waals surface area contributed by atoms with Gasteiger partial charge in [-0.3, -0.25) is 15.2 Å². The van der Waals surface area contributed by atoms with Gasteiger partial charge in [-0.2, -0.15) is 10.1 Å². The molecule has 9 heteroatoms. The van der Waals surface area contributed by atoms with Crippen molar-refractivity contribution >= 4 is 29.1 Å². The summed E-state index contributed by atoms with van der Waals surface area (Å²) in [6.45, 7) is 1.71.